The van der Waals surface area contributed by atoms with Crippen LogP contribution in [0.2, 0.25) is 0 Å². The molecular weight excluding hydrogens is 861 g/mol. The van der Waals surface area contributed by atoms with Gasteiger partial charge in [0.2, 0.25) is 6.41 Å². The zero-order valence-corrected chi connectivity index (χ0v) is 40.9. The number of aliphatic hydroxyl groups is 1. The van der Waals surface area contributed by atoms with Gasteiger partial charge in [-0.3, -0.25) is 13.9 Å². The molecule has 2 aromatic heterocycles. The van der Waals surface area contributed by atoms with Crippen molar-refractivity contribution < 1.29 is 61.1 Å². The minimum Gasteiger partial charge on any atom is -0.388 e. The second-order valence-corrected chi connectivity index (χ2v) is 17.2. The van der Waals surface area contributed by atoms with Crippen LogP contribution in [0.4, 0.5) is 5.82 Å². The number of hydrogen-bond acceptors (Lipinski definition) is 17. The predicted molar refractivity (Wildman–Crippen MR) is 236 cm³/mol. The van der Waals surface area contributed by atoms with Gasteiger partial charge in [0.25, 0.3) is 0 Å². The standard InChI is InChI=1S/C11H17N6O13P3.4C6H15N/c12-9-7-10(14-2-13-9)17(3-15-7)11-6(16-4-18)8(19)5(28-11)1-27-32(23,24)30-33(25,26)29-31(20,21)22;4*1-4-7(5-2)6-3/h2-6,8,11,19H,1H2,(H,16,18)(H,23,24)(H,25,26)(H2,12,13,14)(H2,20,21,22);4*4-6H2,1-3H3/t5-,6-,8-,11-;;;;/m1..../s1. The van der Waals surface area contributed by atoms with E-state index in [0.717, 1.165) is 6.33 Å². The van der Waals surface area contributed by atoms with E-state index in [9.17, 15) is 33.4 Å². The molecule has 0 radical (unpaired) electrons. The van der Waals surface area contributed by atoms with Crippen molar-refractivity contribution in [1.29, 1.82) is 0 Å². The van der Waals surface area contributed by atoms with Gasteiger partial charge in [-0.1, -0.05) is 83.1 Å². The van der Waals surface area contributed by atoms with Crippen molar-refractivity contribution in [1.82, 2.24) is 44.4 Å². The van der Waals surface area contributed by atoms with Gasteiger partial charge in [0.05, 0.1) is 12.9 Å². The number of phosphoric acid groups is 3. The smallest absolute Gasteiger partial charge is 0.388 e. The Hall–Kier alpha value is -2.01. The lowest BCUT2D eigenvalue weighted by molar-refractivity contribution is -0.111. The number of nitrogens with one attached hydrogen (secondary N) is 1. The van der Waals surface area contributed by atoms with Crippen molar-refractivity contribution in [3.63, 3.8) is 0 Å². The highest BCUT2D eigenvalue weighted by Gasteiger charge is 2.47. The highest BCUT2D eigenvalue weighted by Crippen LogP contribution is 2.66. The van der Waals surface area contributed by atoms with E-state index in [1.165, 1.54) is 89.4 Å². The van der Waals surface area contributed by atoms with Gasteiger partial charge in [0.1, 0.15) is 30.1 Å². The molecule has 3 rings (SSSR count). The van der Waals surface area contributed by atoms with E-state index in [-0.39, 0.29) is 23.4 Å². The normalized spacial score (nSPS) is 19.4. The fourth-order valence-corrected chi connectivity index (χ4v) is 8.62. The summed E-state index contributed by atoms with van der Waals surface area (Å²) in [6.45, 7) is 39.6. The van der Waals surface area contributed by atoms with E-state index in [1.54, 1.807) is 0 Å². The Morgan fingerprint density at radius 1 is 0.705 bits per heavy atom. The molecule has 1 amide bonds. The maximum atomic E-state index is 11.9. The molecule has 0 aliphatic carbocycles. The van der Waals surface area contributed by atoms with E-state index in [1.807, 2.05) is 0 Å². The van der Waals surface area contributed by atoms with Crippen LogP contribution >= 0.6 is 23.5 Å². The maximum Gasteiger partial charge on any atom is 0.490 e. The second kappa shape index (κ2) is 32.6. The first-order valence-electron chi connectivity index (χ1n) is 20.8. The zero-order chi connectivity index (χ0) is 47.4. The Kier molecular flexibility index (Phi) is 32.7. The minimum atomic E-state index is -5.72. The number of anilines is 1. The fraction of sp³-hybridized carbons (Fsp3) is 0.829. The lowest BCUT2D eigenvalue weighted by atomic mass is 10.1. The van der Waals surface area contributed by atoms with Crippen molar-refractivity contribution >= 4 is 46.9 Å². The maximum absolute atomic E-state index is 11.9. The molecule has 26 heteroatoms. The number of aromatic nitrogens is 4. The molecule has 0 aromatic carbocycles. The summed E-state index contributed by atoms with van der Waals surface area (Å²) in [7, 11) is -16.7. The third kappa shape index (κ3) is 24.6. The molecule has 1 fully saturated rings. The molecule has 360 valence electrons. The number of phosphoric ester groups is 1. The Balaban J connectivity index is 0. The number of carbonyl (C=O) groups excluding carboxylic acids is 1. The second-order valence-electron chi connectivity index (χ2n) is 12.8. The van der Waals surface area contributed by atoms with Crippen molar-refractivity contribution in [3.8, 4) is 0 Å². The van der Waals surface area contributed by atoms with Crippen LogP contribution in [0.1, 0.15) is 89.3 Å². The van der Waals surface area contributed by atoms with E-state index in [2.05, 4.69) is 136 Å². The number of ether oxygens (including phenoxy) is 1. The summed E-state index contributed by atoms with van der Waals surface area (Å²) < 4.78 is 52.5. The summed E-state index contributed by atoms with van der Waals surface area (Å²) in [5.41, 5.74) is 6.08. The van der Waals surface area contributed by atoms with Crippen molar-refractivity contribution in [2.24, 2.45) is 0 Å². The Morgan fingerprint density at radius 3 is 1.46 bits per heavy atom. The summed E-state index contributed by atoms with van der Waals surface area (Å²) >= 11 is 0. The first-order chi connectivity index (χ1) is 28.6. The van der Waals surface area contributed by atoms with Gasteiger partial charge < -0.3 is 60.1 Å². The molecule has 3 heterocycles. The van der Waals surface area contributed by atoms with Crippen LogP contribution in [0.3, 0.4) is 0 Å². The summed E-state index contributed by atoms with van der Waals surface area (Å²) in [6.07, 6.45) is -1.51. The first-order valence-corrected chi connectivity index (χ1v) is 25.3. The van der Waals surface area contributed by atoms with Gasteiger partial charge in [-0.15, -0.1) is 0 Å². The highest BCUT2D eigenvalue weighted by atomic mass is 31.3. The first kappa shape index (κ1) is 61.1. The van der Waals surface area contributed by atoms with Gasteiger partial charge in [0.15, 0.2) is 17.7 Å². The molecule has 61 heavy (non-hydrogen) atoms. The fourth-order valence-electron chi connectivity index (χ4n) is 5.59. The third-order valence-electron chi connectivity index (χ3n) is 9.48. The van der Waals surface area contributed by atoms with Crippen LogP contribution in [0.25, 0.3) is 11.2 Å². The lowest BCUT2D eigenvalue weighted by Gasteiger charge is -2.20. The van der Waals surface area contributed by atoms with Crippen LogP contribution in [-0.2, 0) is 36.4 Å². The molecule has 23 nitrogen and oxygen atoms in total. The molecule has 0 bridgehead atoms. The van der Waals surface area contributed by atoms with Gasteiger partial charge >= 0.3 is 23.5 Å². The molecule has 0 spiro atoms. The van der Waals surface area contributed by atoms with Crippen LogP contribution in [-0.4, -0.2) is 174 Å². The average Bonchev–Trinajstić information content (AvgIpc) is 3.77. The molecule has 1 aliphatic heterocycles. The van der Waals surface area contributed by atoms with E-state index < -0.39 is 54.6 Å². The topological polar surface area (TPSA) is 301 Å². The largest absolute Gasteiger partial charge is 0.490 e. The average molecular weight is 939 g/mol. The van der Waals surface area contributed by atoms with Crippen LogP contribution < -0.4 is 11.1 Å². The molecular formula is C35H77N10O13P3. The van der Waals surface area contributed by atoms with Gasteiger partial charge in [-0.2, -0.15) is 8.62 Å². The minimum absolute atomic E-state index is 0.0430. The zero-order valence-electron chi connectivity index (χ0n) is 38.2. The number of fused-ring (bicyclic) bond motifs is 1. The summed E-state index contributed by atoms with van der Waals surface area (Å²) in [5, 5.41) is 12.8. The predicted octanol–water partition coefficient (Wildman–Crippen LogP) is 3.52. The quantitative estimate of drug-likeness (QED) is 0.0656. The number of hydrogen-bond donors (Lipinski definition) is 7. The number of nitrogens with two attached hydrogens (primary N) is 1. The van der Waals surface area contributed by atoms with Crippen molar-refractivity contribution in [3.05, 3.63) is 12.7 Å². The van der Waals surface area contributed by atoms with E-state index in [4.69, 9.17) is 20.3 Å². The molecule has 0 saturated carbocycles. The van der Waals surface area contributed by atoms with Crippen LogP contribution in [0, 0.1) is 0 Å². The number of amides is 1. The third-order valence-corrected chi connectivity index (χ3v) is 13.3. The number of rotatable bonds is 22. The molecule has 6 atom stereocenters. The molecule has 1 saturated heterocycles. The molecule has 2 aromatic rings. The summed E-state index contributed by atoms with van der Waals surface area (Å²) in [4.78, 5) is 68.1. The van der Waals surface area contributed by atoms with Crippen molar-refractivity contribution in [2.75, 3.05) is 90.9 Å². The van der Waals surface area contributed by atoms with Gasteiger partial charge in [0, 0.05) is 0 Å². The van der Waals surface area contributed by atoms with E-state index in [0.29, 0.717) is 0 Å². The number of carbonyl (C=O) groups is 1. The summed E-state index contributed by atoms with van der Waals surface area (Å²) in [5.74, 6) is 0.0430. The number of nitrogens with zero attached hydrogens (tertiary/aromatic N) is 8. The van der Waals surface area contributed by atoms with Gasteiger partial charge in [-0.05, 0) is 78.5 Å². The van der Waals surface area contributed by atoms with Crippen LogP contribution in [0.15, 0.2) is 12.7 Å². The van der Waals surface area contributed by atoms with Crippen molar-refractivity contribution in [2.45, 2.75) is 108 Å². The SMILES string of the molecule is CCN(CC)CC.CCN(CC)CC.CCN(CC)CC.CCN(CC)CC.Nc1ncnc2c1ncn2[C@@H]1O[C@H](COP(=O)(O)OP(=O)(O)OP(=O)(O)O)[C@@H](O)[C@H]1NC=O. The summed E-state index contributed by atoms with van der Waals surface area (Å²) in [6, 6.07) is -1.15. The van der Waals surface area contributed by atoms with Gasteiger partial charge in [-0.25, -0.2) is 28.6 Å². The van der Waals surface area contributed by atoms with Crippen LogP contribution in [0.5, 0.6) is 0 Å². The number of imidazole rings is 1. The number of aliphatic hydroxyl groups excluding tert-OH is 1. The molecule has 2 unspecified atom stereocenters. The Morgan fingerprint density at radius 2 is 1.11 bits per heavy atom. The Bertz CT molecular complexity index is 1510. The molecule has 8 N–H and O–H groups in total. The number of nitrogen functional groups attached to an aromatic ring is 1. The highest BCUT2D eigenvalue weighted by molar-refractivity contribution is 7.66. The monoisotopic (exact) mass is 938 g/mol. The van der Waals surface area contributed by atoms with E-state index >= 15 is 0 Å². The molecule has 1 aliphatic rings. The lowest BCUT2D eigenvalue weighted by Crippen LogP contribution is -2.43. The Labute approximate surface area is 362 Å².